The van der Waals surface area contributed by atoms with Crippen LogP contribution >= 0.6 is 0 Å². The molecule has 1 fully saturated rings. The normalized spacial score (nSPS) is 17.4. The number of aliphatic carboxylic acids is 1. The summed E-state index contributed by atoms with van der Waals surface area (Å²) in [5.41, 5.74) is 0.253. The molecule has 0 spiro atoms. The summed E-state index contributed by atoms with van der Waals surface area (Å²) in [7, 11) is 0. The first-order valence-electron chi connectivity index (χ1n) is 11.7. The van der Waals surface area contributed by atoms with Crippen molar-refractivity contribution < 1.29 is 33.0 Å². The molecule has 1 aliphatic rings. The molecule has 0 bridgehead atoms. The molecule has 0 atom stereocenters. The van der Waals surface area contributed by atoms with Gasteiger partial charge in [-0.3, -0.25) is 14.4 Å². The van der Waals surface area contributed by atoms with E-state index in [1.54, 1.807) is 24.3 Å². The van der Waals surface area contributed by atoms with E-state index in [-0.39, 0.29) is 48.1 Å². The lowest BCUT2D eigenvalue weighted by atomic mass is 9.87. The van der Waals surface area contributed by atoms with Crippen LogP contribution in [0, 0.1) is 17.6 Å². The van der Waals surface area contributed by atoms with E-state index in [0.29, 0.717) is 36.6 Å². The van der Waals surface area contributed by atoms with Crippen LogP contribution in [0.2, 0.25) is 0 Å². The van der Waals surface area contributed by atoms with Crippen LogP contribution in [0.4, 0.5) is 8.78 Å². The number of hydrogen-bond acceptors (Lipinski definition) is 4. The molecule has 0 unspecified atom stereocenters. The standard InChI is InChI=1S/C27H26F2N2O5/c28-20-6-3-17-13-19(2-1-18(17)14-20)25(32)30-11-12-31-26(33)23-10-9-22(15-24(23)29)36-21-7-4-16(5-8-21)27(34)35/h1-3,6,9-10,13-16,21H,4-5,7-8,11-12H2,(H,30,32)(H,31,33)(H,34,35)/t16-,21+. The number of fused-ring (bicyclic) bond motifs is 1. The average molecular weight is 497 g/mol. The highest BCUT2D eigenvalue weighted by atomic mass is 19.1. The Morgan fingerprint density at radius 2 is 1.50 bits per heavy atom. The number of rotatable bonds is 8. The van der Waals surface area contributed by atoms with Crippen molar-refractivity contribution in [2.24, 2.45) is 5.92 Å². The van der Waals surface area contributed by atoms with Gasteiger partial charge in [-0.2, -0.15) is 0 Å². The summed E-state index contributed by atoms with van der Waals surface area (Å²) >= 11 is 0. The largest absolute Gasteiger partial charge is 0.490 e. The molecule has 3 aromatic rings. The molecule has 188 valence electrons. The fourth-order valence-corrected chi connectivity index (χ4v) is 4.28. The molecule has 4 rings (SSSR count). The Bertz CT molecular complexity index is 1290. The van der Waals surface area contributed by atoms with Crippen molar-refractivity contribution in [2.75, 3.05) is 13.1 Å². The summed E-state index contributed by atoms with van der Waals surface area (Å²) in [6, 6.07) is 13.2. The first-order chi connectivity index (χ1) is 17.3. The molecule has 2 amide bonds. The van der Waals surface area contributed by atoms with Crippen LogP contribution in [0.25, 0.3) is 10.8 Å². The number of ether oxygens (including phenoxy) is 1. The van der Waals surface area contributed by atoms with Crippen LogP contribution in [0.5, 0.6) is 5.75 Å². The van der Waals surface area contributed by atoms with Gasteiger partial charge in [0.15, 0.2) is 0 Å². The summed E-state index contributed by atoms with van der Waals surface area (Å²) in [6.45, 7) is 0.224. The fourth-order valence-electron chi connectivity index (χ4n) is 4.28. The predicted molar refractivity (Wildman–Crippen MR) is 129 cm³/mol. The third kappa shape index (κ3) is 6.16. The summed E-state index contributed by atoms with van der Waals surface area (Å²) in [5, 5.41) is 15.7. The summed E-state index contributed by atoms with van der Waals surface area (Å²) in [6.07, 6.45) is 1.99. The Morgan fingerprint density at radius 3 is 2.19 bits per heavy atom. The first-order valence-corrected chi connectivity index (χ1v) is 11.7. The highest BCUT2D eigenvalue weighted by molar-refractivity contribution is 5.98. The third-order valence-electron chi connectivity index (χ3n) is 6.27. The van der Waals surface area contributed by atoms with E-state index >= 15 is 0 Å². The quantitative estimate of drug-likeness (QED) is 0.404. The van der Waals surface area contributed by atoms with E-state index in [1.807, 2.05) is 0 Å². The Morgan fingerprint density at radius 1 is 0.833 bits per heavy atom. The zero-order chi connectivity index (χ0) is 25.7. The number of halogens is 2. The van der Waals surface area contributed by atoms with E-state index in [1.165, 1.54) is 24.3 Å². The van der Waals surface area contributed by atoms with Gasteiger partial charge in [-0.05, 0) is 72.9 Å². The van der Waals surface area contributed by atoms with Crippen LogP contribution in [-0.2, 0) is 4.79 Å². The van der Waals surface area contributed by atoms with Gasteiger partial charge in [0.05, 0.1) is 17.6 Å². The molecular weight excluding hydrogens is 470 g/mol. The Balaban J connectivity index is 1.24. The third-order valence-corrected chi connectivity index (χ3v) is 6.27. The number of carbonyl (C=O) groups excluding carboxylic acids is 2. The van der Waals surface area contributed by atoms with Crippen molar-refractivity contribution >= 4 is 28.6 Å². The van der Waals surface area contributed by atoms with Crippen LogP contribution < -0.4 is 15.4 Å². The highest BCUT2D eigenvalue weighted by Crippen LogP contribution is 2.28. The van der Waals surface area contributed by atoms with Gasteiger partial charge < -0.3 is 20.5 Å². The maximum atomic E-state index is 14.5. The molecule has 0 aromatic heterocycles. The molecule has 36 heavy (non-hydrogen) atoms. The minimum Gasteiger partial charge on any atom is -0.490 e. The predicted octanol–water partition coefficient (Wildman–Crippen LogP) is 4.30. The van der Waals surface area contributed by atoms with E-state index in [2.05, 4.69) is 10.6 Å². The first kappa shape index (κ1) is 25.1. The van der Waals surface area contributed by atoms with Crippen LogP contribution in [0.15, 0.2) is 54.6 Å². The molecule has 0 heterocycles. The second kappa shape index (κ2) is 11.2. The van der Waals surface area contributed by atoms with Crippen molar-refractivity contribution in [3.63, 3.8) is 0 Å². The Kier molecular flexibility index (Phi) is 7.77. The lowest BCUT2D eigenvalue weighted by molar-refractivity contribution is -0.143. The number of nitrogens with one attached hydrogen (secondary N) is 2. The monoisotopic (exact) mass is 496 g/mol. The summed E-state index contributed by atoms with van der Waals surface area (Å²) < 4.78 is 33.6. The topological polar surface area (TPSA) is 105 Å². The zero-order valence-corrected chi connectivity index (χ0v) is 19.4. The van der Waals surface area contributed by atoms with Gasteiger partial charge in [-0.1, -0.05) is 12.1 Å². The summed E-state index contributed by atoms with van der Waals surface area (Å²) in [5.74, 6) is -2.94. The van der Waals surface area contributed by atoms with Crippen molar-refractivity contribution in [1.29, 1.82) is 0 Å². The van der Waals surface area contributed by atoms with Crippen molar-refractivity contribution in [3.05, 3.63) is 77.4 Å². The molecule has 0 radical (unpaired) electrons. The van der Waals surface area contributed by atoms with E-state index in [4.69, 9.17) is 9.84 Å². The molecule has 1 aliphatic carbocycles. The van der Waals surface area contributed by atoms with Crippen molar-refractivity contribution in [3.8, 4) is 5.75 Å². The van der Waals surface area contributed by atoms with Gasteiger partial charge in [-0.25, -0.2) is 8.78 Å². The van der Waals surface area contributed by atoms with Crippen molar-refractivity contribution in [2.45, 2.75) is 31.8 Å². The summed E-state index contributed by atoms with van der Waals surface area (Å²) in [4.78, 5) is 35.8. The minimum absolute atomic E-state index is 0.0911. The van der Waals surface area contributed by atoms with E-state index in [9.17, 15) is 23.2 Å². The van der Waals surface area contributed by atoms with Crippen LogP contribution in [-0.4, -0.2) is 42.1 Å². The fraction of sp³-hybridized carbons (Fsp3) is 0.296. The lowest BCUT2D eigenvalue weighted by Gasteiger charge is -2.26. The van der Waals surface area contributed by atoms with Crippen LogP contribution in [0.3, 0.4) is 0 Å². The number of amides is 2. The Labute approximate surface area is 206 Å². The maximum Gasteiger partial charge on any atom is 0.306 e. The second-order valence-electron chi connectivity index (χ2n) is 8.79. The van der Waals surface area contributed by atoms with Gasteiger partial charge in [0.25, 0.3) is 11.8 Å². The highest BCUT2D eigenvalue weighted by Gasteiger charge is 2.27. The molecule has 3 N–H and O–H groups in total. The van der Waals surface area contributed by atoms with E-state index < -0.39 is 17.7 Å². The molecule has 0 saturated heterocycles. The van der Waals surface area contributed by atoms with Crippen LogP contribution in [0.1, 0.15) is 46.4 Å². The SMILES string of the molecule is O=C(NCCNC(=O)c1ccc(O[C@H]2CC[C@@H](C(=O)O)CC2)cc1F)c1ccc2cc(F)ccc2c1. The van der Waals surface area contributed by atoms with Gasteiger partial charge in [0.1, 0.15) is 17.4 Å². The molecular formula is C27H26F2N2O5. The van der Waals surface area contributed by atoms with E-state index in [0.717, 1.165) is 11.5 Å². The number of benzene rings is 3. The number of carboxylic acid groups (broad SMARTS) is 1. The van der Waals surface area contributed by atoms with Gasteiger partial charge in [0, 0.05) is 24.7 Å². The Hall–Kier alpha value is -4.01. The number of carbonyl (C=O) groups is 3. The van der Waals surface area contributed by atoms with Gasteiger partial charge in [-0.15, -0.1) is 0 Å². The number of hydrogen-bond donors (Lipinski definition) is 3. The maximum absolute atomic E-state index is 14.5. The zero-order valence-electron chi connectivity index (χ0n) is 19.4. The van der Waals surface area contributed by atoms with Gasteiger partial charge in [0.2, 0.25) is 0 Å². The molecule has 9 heteroatoms. The smallest absolute Gasteiger partial charge is 0.306 e. The number of carboxylic acids is 1. The van der Waals surface area contributed by atoms with Crippen molar-refractivity contribution in [1.82, 2.24) is 10.6 Å². The molecule has 7 nitrogen and oxygen atoms in total. The minimum atomic E-state index is -0.805. The lowest BCUT2D eigenvalue weighted by Crippen LogP contribution is -2.35. The molecule has 1 saturated carbocycles. The second-order valence-corrected chi connectivity index (χ2v) is 8.79. The molecule has 3 aromatic carbocycles. The van der Waals surface area contributed by atoms with Gasteiger partial charge >= 0.3 is 5.97 Å². The molecule has 0 aliphatic heterocycles. The average Bonchev–Trinajstić information content (AvgIpc) is 2.86.